The molecule has 0 aliphatic rings. The second-order valence-electron chi connectivity index (χ2n) is 6.75. The Morgan fingerprint density at radius 2 is 0.650 bits per heavy atom. The van der Waals surface area contributed by atoms with Gasteiger partial charge in [0.1, 0.15) is 0 Å². The van der Waals surface area contributed by atoms with Gasteiger partial charge in [-0.25, -0.2) is 0 Å². The molecule has 0 aliphatic carbocycles. The smallest absolute Gasteiger partial charge is 0 e. The van der Waals surface area contributed by atoms with E-state index >= 15 is 0 Å². The number of hydrogen-bond acceptors (Lipinski definition) is 0. The van der Waals surface area contributed by atoms with Crippen molar-refractivity contribution in [1.29, 1.82) is 0 Å². The summed E-state index contributed by atoms with van der Waals surface area (Å²) in [6.45, 7) is 21.7. The van der Waals surface area contributed by atoms with Gasteiger partial charge in [-0.15, -0.1) is 26.2 Å². The van der Waals surface area contributed by atoms with Crippen molar-refractivity contribution in [3.05, 3.63) is 10.6 Å². The molecule has 0 rings (SSSR count). The summed E-state index contributed by atoms with van der Waals surface area (Å²) in [4.78, 5) is 0. The minimum atomic E-state index is 0. The molecular formula is C16H37FN2Nd-2. The van der Waals surface area contributed by atoms with Crippen LogP contribution in [0.25, 0.3) is 10.6 Å². The summed E-state index contributed by atoms with van der Waals surface area (Å²) in [5, 5.41) is 8.74. The van der Waals surface area contributed by atoms with Gasteiger partial charge in [-0.2, -0.15) is 0 Å². The van der Waals surface area contributed by atoms with E-state index in [4.69, 9.17) is 0 Å². The van der Waals surface area contributed by atoms with Gasteiger partial charge < -0.3 is 10.6 Å². The first kappa shape index (κ1) is 29.2. The molecule has 4 heteroatoms. The van der Waals surface area contributed by atoms with Gasteiger partial charge in [0.2, 0.25) is 0 Å². The average molecular weight is 421 g/mol. The van der Waals surface area contributed by atoms with Crippen molar-refractivity contribution in [2.45, 2.75) is 55.4 Å². The Morgan fingerprint density at radius 3 is 0.750 bits per heavy atom. The normalized spacial score (nSPS) is 10.2. The van der Waals surface area contributed by atoms with Crippen molar-refractivity contribution in [3.63, 3.8) is 0 Å². The van der Waals surface area contributed by atoms with E-state index in [1.54, 1.807) is 0 Å². The largest absolute Gasteiger partial charge is 0.662 e. The molecule has 124 valence electrons. The van der Waals surface area contributed by atoms with Gasteiger partial charge in [-0.05, 0) is 0 Å². The Bertz CT molecular complexity index is 129. The Morgan fingerprint density at radius 1 is 0.500 bits per heavy atom. The van der Waals surface area contributed by atoms with Crippen LogP contribution in [0.1, 0.15) is 55.4 Å². The monoisotopic (exact) mass is 418 g/mol. The molecule has 0 saturated heterocycles. The second kappa shape index (κ2) is 20.2. The minimum Gasteiger partial charge on any atom is -0.662 e. The van der Waals surface area contributed by atoms with Gasteiger partial charge >= 0.3 is 0 Å². The molecule has 0 aromatic carbocycles. The molecule has 0 atom stereocenters. The third-order valence-electron chi connectivity index (χ3n) is 1.98. The average Bonchev–Trinajstić information content (AvgIpc) is 2.15. The van der Waals surface area contributed by atoms with Gasteiger partial charge in [0.25, 0.3) is 0 Å². The summed E-state index contributed by atoms with van der Waals surface area (Å²) in [6, 6.07) is 0. The standard InChI is InChI=1S/2C8H18N.FH.Nd/c2*1-7(2)5-9-6-8(3)4;;/h2*7-8H,5-6H2,1-4H3;1H;/q2*-1;;. The molecular weight excluding hydrogens is 383 g/mol. The molecule has 0 aromatic rings. The van der Waals surface area contributed by atoms with Crippen molar-refractivity contribution < 1.29 is 45.5 Å². The summed E-state index contributed by atoms with van der Waals surface area (Å²) >= 11 is 0. The van der Waals surface area contributed by atoms with Crippen LogP contribution in [0.4, 0.5) is 4.70 Å². The molecule has 0 spiro atoms. The fourth-order valence-corrected chi connectivity index (χ4v) is 1.18. The van der Waals surface area contributed by atoms with Crippen molar-refractivity contribution in [1.82, 2.24) is 0 Å². The van der Waals surface area contributed by atoms with E-state index in [2.05, 4.69) is 66.0 Å². The Kier molecular flexibility index (Phi) is 29.5. The fraction of sp³-hybridized carbons (Fsp3) is 1.00. The first-order valence-electron chi connectivity index (χ1n) is 7.52. The molecule has 0 heterocycles. The third kappa shape index (κ3) is 36.5. The van der Waals surface area contributed by atoms with Crippen LogP contribution in [0.2, 0.25) is 0 Å². The van der Waals surface area contributed by atoms with Crippen LogP contribution in [0, 0.1) is 64.5 Å². The predicted octanol–water partition coefficient (Wildman–Crippen LogP) is 5.50. The maximum absolute atomic E-state index is 4.37. The van der Waals surface area contributed by atoms with E-state index in [0.29, 0.717) is 0 Å². The zero-order valence-corrected chi connectivity index (χ0v) is 18.1. The van der Waals surface area contributed by atoms with E-state index < -0.39 is 0 Å². The summed E-state index contributed by atoms with van der Waals surface area (Å²) in [6.07, 6.45) is 0. The Balaban J connectivity index is -0.000000116. The van der Waals surface area contributed by atoms with E-state index in [-0.39, 0.29) is 45.5 Å². The number of rotatable bonds is 8. The first-order chi connectivity index (χ1) is 8.25. The van der Waals surface area contributed by atoms with E-state index in [1.165, 1.54) is 0 Å². The van der Waals surface area contributed by atoms with Crippen LogP contribution >= 0.6 is 0 Å². The van der Waals surface area contributed by atoms with Crippen LogP contribution < -0.4 is 0 Å². The van der Waals surface area contributed by atoms with Crippen LogP contribution in [0.3, 0.4) is 0 Å². The topological polar surface area (TPSA) is 28.2 Å². The Labute approximate surface area is 160 Å². The van der Waals surface area contributed by atoms with Crippen LogP contribution in [0.15, 0.2) is 0 Å². The van der Waals surface area contributed by atoms with Crippen LogP contribution in [-0.4, -0.2) is 26.2 Å². The number of halogens is 1. The SMILES string of the molecule is CC(C)C[N-]CC(C)C.CC(C)C[N-]CC(C)C.F.[Nd]. The molecule has 0 amide bonds. The minimum absolute atomic E-state index is 0. The van der Waals surface area contributed by atoms with Crippen molar-refractivity contribution in [2.75, 3.05) is 26.2 Å². The molecule has 0 aliphatic heterocycles. The van der Waals surface area contributed by atoms with E-state index in [0.717, 1.165) is 49.9 Å². The van der Waals surface area contributed by atoms with Gasteiger partial charge in [0.05, 0.1) is 0 Å². The zero-order valence-electron chi connectivity index (χ0n) is 14.9. The summed E-state index contributed by atoms with van der Waals surface area (Å²) in [5.74, 6) is 2.90. The fourth-order valence-electron chi connectivity index (χ4n) is 1.18. The van der Waals surface area contributed by atoms with Gasteiger partial charge in [-0.1, -0.05) is 79.1 Å². The van der Waals surface area contributed by atoms with Crippen molar-refractivity contribution in [2.24, 2.45) is 23.7 Å². The second-order valence-corrected chi connectivity index (χ2v) is 6.75. The van der Waals surface area contributed by atoms with Crippen LogP contribution in [0.5, 0.6) is 0 Å². The van der Waals surface area contributed by atoms with Crippen LogP contribution in [-0.2, 0) is 0 Å². The third-order valence-corrected chi connectivity index (χ3v) is 1.98. The number of hydrogen-bond donors (Lipinski definition) is 0. The first-order valence-corrected chi connectivity index (χ1v) is 7.52. The number of nitrogens with zero attached hydrogens (tertiary/aromatic N) is 2. The van der Waals surface area contributed by atoms with Gasteiger partial charge in [0.15, 0.2) is 0 Å². The molecule has 0 fully saturated rings. The summed E-state index contributed by atoms with van der Waals surface area (Å²) < 4.78 is 0. The molecule has 0 bridgehead atoms. The molecule has 0 aromatic heterocycles. The predicted molar refractivity (Wildman–Crippen MR) is 88.0 cm³/mol. The maximum Gasteiger partial charge on any atom is 0 e. The van der Waals surface area contributed by atoms with Crippen molar-refractivity contribution in [3.8, 4) is 0 Å². The molecule has 20 heavy (non-hydrogen) atoms. The van der Waals surface area contributed by atoms with Crippen molar-refractivity contribution >= 4 is 0 Å². The summed E-state index contributed by atoms with van der Waals surface area (Å²) in [5.41, 5.74) is 0. The molecule has 2 nitrogen and oxygen atoms in total. The van der Waals surface area contributed by atoms with E-state index in [9.17, 15) is 0 Å². The zero-order chi connectivity index (χ0) is 14.6. The van der Waals surface area contributed by atoms with Gasteiger partial charge in [0, 0.05) is 40.8 Å². The van der Waals surface area contributed by atoms with E-state index in [1.807, 2.05) is 0 Å². The molecule has 0 unspecified atom stereocenters. The van der Waals surface area contributed by atoms with Gasteiger partial charge in [-0.3, -0.25) is 4.70 Å². The maximum atomic E-state index is 4.37. The summed E-state index contributed by atoms with van der Waals surface area (Å²) in [7, 11) is 0. The molecule has 0 saturated carbocycles. The molecule has 0 radical (unpaired) electrons. The Hall–Kier alpha value is 1.20. The quantitative estimate of drug-likeness (QED) is 0.496. The molecule has 0 N–H and O–H groups in total.